The summed E-state index contributed by atoms with van der Waals surface area (Å²) in [5.41, 5.74) is 4.55. The van der Waals surface area contributed by atoms with Crippen LogP contribution in [0.25, 0.3) is 33.0 Å². The van der Waals surface area contributed by atoms with Crippen molar-refractivity contribution in [3.05, 3.63) is 102 Å². The van der Waals surface area contributed by atoms with E-state index in [1.807, 2.05) is 90.5 Å². The number of rotatable bonds is 10. The first-order chi connectivity index (χ1) is 19.5. The van der Waals surface area contributed by atoms with Gasteiger partial charge in [-0.25, -0.2) is 0 Å². The Labute approximate surface area is 230 Å². The number of ether oxygens (including phenoxy) is 2. The third kappa shape index (κ3) is 4.79. The van der Waals surface area contributed by atoms with Gasteiger partial charge in [0.2, 0.25) is 0 Å². The van der Waals surface area contributed by atoms with Gasteiger partial charge in [-0.05, 0) is 36.8 Å². The molecule has 1 atom stereocenters. The van der Waals surface area contributed by atoms with Gasteiger partial charge in [-0.3, -0.25) is 14.9 Å². The summed E-state index contributed by atoms with van der Waals surface area (Å²) in [7, 11) is 0. The minimum atomic E-state index is -0.751. The molecule has 6 rings (SSSR count). The Balaban J connectivity index is 1.49. The van der Waals surface area contributed by atoms with E-state index in [0.717, 1.165) is 27.4 Å². The number of hydrogen-bond donors (Lipinski definition) is 3. The fraction of sp³-hybridized carbons (Fsp3) is 0.188. The summed E-state index contributed by atoms with van der Waals surface area (Å²) in [5.74, 6) is -0.280. The second-order valence-electron chi connectivity index (χ2n) is 9.74. The second-order valence-corrected chi connectivity index (χ2v) is 9.74. The lowest BCUT2D eigenvalue weighted by molar-refractivity contribution is -0.122. The molecule has 3 aromatic carbocycles. The van der Waals surface area contributed by atoms with Crippen molar-refractivity contribution in [3.63, 3.8) is 0 Å². The van der Waals surface area contributed by atoms with Gasteiger partial charge in [0.15, 0.2) is 0 Å². The number of hydrogen-bond acceptors (Lipinski definition) is 5. The number of imide groups is 1. The van der Waals surface area contributed by atoms with Gasteiger partial charge in [-0.2, -0.15) is 0 Å². The molecule has 0 saturated heterocycles. The maximum Gasteiger partial charge on any atom is 0.259 e. The number of carbonyl (C=O) groups excluding carboxylic acids is 2. The third-order valence-corrected chi connectivity index (χ3v) is 7.08. The Kier molecular flexibility index (Phi) is 6.94. The van der Waals surface area contributed by atoms with E-state index in [1.54, 1.807) is 6.20 Å². The summed E-state index contributed by atoms with van der Waals surface area (Å²) in [5, 5.41) is 14.7. The van der Waals surface area contributed by atoms with E-state index >= 15 is 0 Å². The highest BCUT2D eigenvalue weighted by atomic mass is 16.5. The molecule has 2 aromatic heterocycles. The normalized spacial score (nSPS) is 14.3. The lowest BCUT2D eigenvalue weighted by atomic mass is 9.95. The molecule has 3 N–H and O–H groups in total. The maximum absolute atomic E-state index is 13.3. The summed E-state index contributed by atoms with van der Waals surface area (Å²) in [6.07, 6.45) is 2.83. The zero-order chi connectivity index (χ0) is 27.6. The average Bonchev–Trinajstić information content (AvgIpc) is 3.63. The van der Waals surface area contributed by atoms with Gasteiger partial charge in [-0.1, -0.05) is 48.5 Å². The summed E-state index contributed by atoms with van der Waals surface area (Å²) in [4.78, 5) is 29.7. The van der Waals surface area contributed by atoms with Crippen LogP contribution < -0.4 is 10.1 Å². The topological polar surface area (TPSA) is 106 Å². The Bertz CT molecular complexity index is 1750. The molecule has 5 aromatic rings. The van der Waals surface area contributed by atoms with E-state index < -0.39 is 17.9 Å². The average molecular weight is 536 g/mol. The Morgan fingerprint density at radius 3 is 2.45 bits per heavy atom. The first-order valence-electron chi connectivity index (χ1n) is 13.3. The van der Waals surface area contributed by atoms with Crippen LogP contribution in [0.4, 0.5) is 0 Å². The van der Waals surface area contributed by atoms with Crippen LogP contribution in [0.3, 0.4) is 0 Å². The van der Waals surface area contributed by atoms with Gasteiger partial charge in [0, 0.05) is 51.9 Å². The Morgan fingerprint density at radius 2 is 1.65 bits per heavy atom. The number of amides is 2. The predicted molar refractivity (Wildman–Crippen MR) is 153 cm³/mol. The second kappa shape index (κ2) is 10.8. The molecule has 1 aliphatic rings. The molecule has 3 heterocycles. The molecule has 1 aliphatic heterocycles. The van der Waals surface area contributed by atoms with E-state index in [-0.39, 0.29) is 18.7 Å². The van der Waals surface area contributed by atoms with Crippen LogP contribution in [0.1, 0.15) is 23.6 Å². The zero-order valence-electron chi connectivity index (χ0n) is 22.0. The highest BCUT2D eigenvalue weighted by Gasteiger charge is 2.35. The largest absolute Gasteiger partial charge is 0.489 e. The van der Waals surface area contributed by atoms with Crippen molar-refractivity contribution in [2.75, 3.05) is 13.2 Å². The first kappa shape index (κ1) is 25.6. The number of aliphatic hydroxyl groups is 1. The van der Waals surface area contributed by atoms with Crippen molar-refractivity contribution in [1.82, 2.24) is 14.9 Å². The minimum Gasteiger partial charge on any atom is -0.489 e. The fourth-order valence-electron chi connectivity index (χ4n) is 5.24. The van der Waals surface area contributed by atoms with E-state index in [2.05, 4.69) is 10.3 Å². The van der Waals surface area contributed by atoms with Crippen molar-refractivity contribution in [2.45, 2.75) is 26.2 Å². The van der Waals surface area contributed by atoms with E-state index in [1.165, 1.54) is 0 Å². The van der Waals surface area contributed by atoms with Crippen LogP contribution in [-0.2, 0) is 27.5 Å². The molecule has 2 amide bonds. The van der Waals surface area contributed by atoms with Crippen LogP contribution in [-0.4, -0.2) is 45.8 Å². The monoisotopic (exact) mass is 535 g/mol. The van der Waals surface area contributed by atoms with Crippen LogP contribution in [0, 0.1) is 0 Å². The molecule has 40 heavy (non-hydrogen) atoms. The Hall–Kier alpha value is -4.66. The van der Waals surface area contributed by atoms with Crippen molar-refractivity contribution < 1.29 is 24.2 Å². The number of para-hydroxylation sites is 1. The molecular formula is C32H29N3O5. The fourth-order valence-corrected chi connectivity index (χ4v) is 5.24. The maximum atomic E-state index is 13.3. The number of aromatic amines is 1. The molecule has 1 unspecified atom stereocenters. The van der Waals surface area contributed by atoms with E-state index in [0.29, 0.717) is 35.7 Å². The number of aromatic nitrogens is 2. The quantitative estimate of drug-likeness (QED) is 0.226. The van der Waals surface area contributed by atoms with Gasteiger partial charge in [0.25, 0.3) is 11.8 Å². The summed E-state index contributed by atoms with van der Waals surface area (Å²) >= 11 is 0. The standard InChI is InChI=1S/C32H29N3O5/c1-2-39-19-21(36)16-35-17-26(24-14-22(12-13-28(24)35)40-18-20-8-4-3-5-9-20)30-29(31(37)34-32(30)38)25-15-33-27-11-7-6-10-23(25)27/h3-15,17,21,33,36H,2,16,18-19H2,1H3,(H,34,37,38). The molecule has 0 aliphatic carbocycles. The van der Waals surface area contributed by atoms with Crippen molar-refractivity contribution >= 4 is 44.8 Å². The third-order valence-electron chi connectivity index (χ3n) is 7.08. The van der Waals surface area contributed by atoms with Gasteiger partial charge >= 0.3 is 0 Å². The highest BCUT2D eigenvalue weighted by molar-refractivity contribution is 6.50. The van der Waals surface area contributed by atoms with Gasteiger partial charge in [0.1, 0.15) is 12.4 Å². The summed E-state index contributed by atoms with van der Waals surface area (Å²) in [6.45, 7) is 3.21. The SMILES string of the molecule is CCOCC(O)Cn1cc(C2=C(c3c[nH]c4ccccc34)C(=O)NC2=O)c2cc(OCc3ccccc3)ccc21. The number of H-pyrrole nitrogens is 1. The molecule has 0 radical (unpaired) electrons. The molecular weight excluding hydrogens is 506 g/mol. The number of nitrogens with zero attached hydrogens (tertiary/aromatic N) is 1. The Morgan fingerprint density at radius 1 is 0.900 bits per heavy atom. The summed E-state index contributed by atoms with van der Waals surface area (Å²) < 4.78 is 13.4. The number of aliphatic hydroxyl groups excluding tert-OH is 1. The molecule has 0 spiro atoms. The minimum absolute atomic E-state index is 0.187. The zero-order valence-corrected chi connectivity index (χ0v) is 22.0. The van der Waals surface area contributed by atoms with Crippen molar-refractivity contribution in [2.24, 2.45) is 0 Å². The lowest BCUT2D eigenvalue weighted by Gasteiger charge is -2.13. The molecule has 202 valence electrons. The number of fused-ring (bicyclic) bond motifs is 2. The van der Waals surface area contributed by atoms with E-state index in [4.69, 9.17) is 9.47 Å². The number of carbonyl (C=O) groups is 2. The van der Waals surface area contributed by atoms with E-state index in [9.17, 15) is 14.7 Å². The van der Waals surface area contributed by atoms with Crippen LogP contribution in [0.2, 0.25) is 0 Å². The molecule has 0 bridgehead atoms. The number of nitrogens with one attached hydrogen (secondary N) is 2. The molecule has 8 heteroatoms. The van der Waals surface area contributed by atoms with Gasteiger partial charge < -0.3 is 24.1 Å². The van der Waals surface area contributed by atoms with Crippen molar-refractivity contribution in [1.29, 1.82) is 0 Å². The highest BCUT2D eigenvalue weighted by Crippen LogP contribution is 2.39. The predicted octanol–water partition coefficient (Wildman–Crippen LogP) is 4.67. The molecule has 0 fully saturated rings. The van der Waals surface area contributed by atoms with Gasteiger partial charge in [-0.15, -0.1) is 0 Å². The molecule has 0 saturated carbocycles. The van der Waals surface area contributed by atoms with Gasteiger partial charge in [0.05, 0.1) is 30.4 Å². The smallest absolute Gasteiger partial charge is 0.259 e. The van der Waals surface area contributed by atoms with Crippen LogP contribution in [0.15, 0.2) is 85.2 Å². The summed E-state index contributed by atoms with van der Waals surface area (Å²) in [6, 6.07) is 23.2. The lowest BCUT2D eigenvalue weighted by Crippen LogP contribution is -2.22. The number of benzene rings is 3. The molecule has 8 nitrogen and oxygen atoms in total. The van der Waals surface area contributed by atoms with Crippen molar-refractivity contribution in [3.8, 4) is 5.75 Å². The van der Waals surface area contributed by atoms with Crippen LogP contribution in [0.5, 0.6) is 5.75 Å². The first-order valence-corrected chi connectivity index (χ1v) is 13.3. The van der Waals surface area contributed by atoms with Crippen LogP contribution >= 0.6 is 0 Å².